The molecule has 0 spiro atoms. The van der Waals surface area contributed by atoms with Crippen molar-refractivity contribution in [3.05, 3.63) is 47.5 Å². The molecule has 2 aromatic carbocycles. The summed E-state index contributed by atoms with van der Waals surface area (Å²) >= 11 is 0. The van der Waals surface area contributed by atoms with Crippen molar-refractivity contribution in [3.63, 3.8) is 0 Å². The molecular formula is C19H21NO4. The molecule has 0 radical (unpaired) electrons. The lowest BCUT2D eigenvalue weighted by Crippen LogP contribution is -2.05. The molecule has 0 fully saturated rings. The molecule has 1 N–H and O–H groups in total. The molecule has 126 valence electrons. The average Bonchev–Trinajstić information content (AvgIpc) is 2.59. The van der Waals surface area contributed by atoms with E-state index in [2.05, 4.69) is 5.32 Å². The highest BCUT2D eigenvalue weighted by atomic mass is 16.5. The fourth-order valence-electron chi connectivity index (χ4n) is 2.27. The Morgan fingerprint density at radius 2 is 1.42 bits per heavy atom. The van der Waals surface area contributed by atoms with Crippen LogP contribution >= 0.6 is 0 Å². The number of carbonyl (C=O) groups excluding carboxylic acids is 1. The lowest BCUT2D eigenvalue weighted by Gasteiger charge is -2.12. The SMILES string of the molecule is COc1cc(/C=C/c2ccc(NC(C)=O)cc2)cc(OC)c1OC. The largest absolute Gasteiger partial charge is 0.493 e. The number of anilines is 1. The second-order valence-electron chi connectivity index (χ2n) is 5.10. The van der Waals surface area contributed by atoms with Gasteiger partial charge in [-0.1, -0.05) is 24.3 Å². The Morgan fingerprint density at radius 3 is 1.88 bits per heavy atom. The molecule has 5 heteroatoms. The number of carbonyl (C=O) groups is 1. The third-order valence-electron chi connectivity index (χ3n) is 3.39. The Morgan fingerprint density at radius 1 is 0.875 bits per heavy atom. The summed E-state index contributed by atoms with van der Waals surface area (Å²) in [5.41, 5.74) is 2.71. The second-order valence-corrected chi connectivity index (χ2v) is 5.10. The summed E-state index contributed by atoms with van der Waals surface area (Å²) in [6.45, 7) is 1.48. The summed E-state index contributed by atoms with van der Waals surface area (Å²) in [6.07, 6.45) is 3.93. The van der Waals surface area contributed by atoms with Gasteiger partial charge in [0.2, 0.25) is 11.7 Å². The third kappa shape index (κ3) is 4.29. The molecule has 24 heavy (non-hydrogen) atoms. The van der Waals surface area contributed by atoms with E-state index < -0.39 is 0 Å². The van der Waals surface area contributed by atoms with Crippen LogP contribution in [0.15, 0.2) is 36.4 Å². The first kappa shape index (κ1) is 17.4. The molecule has 0 atom stereocenters. The van der Waals surface area contributed by atoms with Crippen LogP contribution in [0, 0.1) is 0 Å². The zero-order valence-electron chi connectivity index (χ0n) is 14.3. The summed E-state index contributed by atoms with van der Waals surface area (Å²) in [7, 11) is 4.75. The number of ether oxygens (including phenoxy) is 3. The molecular weight excluding hydrogens is 306 g/mol. The van der Waals surface area contributed by atoms with Crippen molar-refractivity contribution in [1.82, 2.24) is 0 Å². The van der Waals surface area contributed by atoms with Gasteiger partial charge >= 0.3 is 0 Å². The van der Waals surface area contributed by atoms with Crippen molar-refractivity contribution in [1.29, 1.82) is 0 Å². The first-order valence-electron chi connectivity index (χ1n) is 7.43. The van der Waals surface area contributed by atoms with Gasteiger partial charge in [0, 0.05) is 12.6 Å². The van der Waals surface area contributed by atoms with Gasteiger partial charge < -0.3 is 19.5 Å². The minimum Gasteiger partial charge on any atom is -0.493 e. The van der Waals surface area contributed by atoms with E-state index in [0.29, 0.717) is 17.2 Å². The van der Waals surface area contributed by atoms with Gasteiger partial charge in [0.1, 0.15) is 0 Å². The standard InChI is InChI=1S/C19H21NO4/c1-13(21)20-16-9-7-14(8-10-16)5-6-15-11-17(22-2)19(24-4)18(12-15)23-3/h5-12H,1-4H3,(H,20,21)/b6-5+. The maximum atomic E-state index is 11.0. The molecule has 0 saturated heterocycles. The van der Waals surface area contributed by atoms with Gasteiger partial charge in [0.15, 0.2) is 11.5 Å². The van der Waals surface area contributed by atoms with E-state index in [9.17, 15) is 4.79 Å². The van der Waals surface area contributed by atoms with Gasteiger partial charge in [-0.2, -0.15) is 0 Å². The van der Waals surface area contributed by atoms with Crippen molar-refractivity contribution in [3.8, 4) is 17.2 Å². The molecule has 0 heterocycles. The minimum absolute atomic E-state index is 0.0873. The summed E-state index contributed by atoms with van der Waals surface area (Å²) in [6, 6.07) is 11.3. The van der Waals surface area contributed by atoms with Gasteiger partial charge in [-0.15, -0.1) is 0 Å². The van der Waals surface area contributed by atoms with Crippen molar-refractivity contribution in [2.24, 2.45) is 0 Å². The van der Waals surface area contributed by atoms with Crippen LogP contribution in [0.25, 0.3) is 12.2 Å². The van der Waals surface area contributed by atoms with Crippen molar-refractivity contribution >= 4 is 23.7 Å². The number of hydrogen-bond acceptors (Lipinski definition) is 4. The molecule has 2 aromatic rings. The molecule has 0 aliphatic carbocycles. The first-order chi connectivity index (χ1) is 11.6. The highest BCUT2D eigenvalue weighted by molar-refractivity contribution is 5.88. The molecule has 0 aliphatic heterocycles. The van der Waals surface area contributed by atoms with Crippen LogP contribution in [0.3, 0.4) is 0 Å². The number of methoxy groups -OCH3 is 3. The number of nitrogens with one attached hydrogen (secondary N) is 1. The molecule has 0 saturated carbocycles. The quantitative estimate of drug-likeness (QED) is 0.819. The molecule has 1 amide bonds. The van der Waals surface area contributed by atoms with Gasteiger partial charge in [-0.25, -0.2) is 0 Å². The van der Waals surface area contributed by atoms with Crippen LogP contribution in [0.5, 0.6) is 17.2 Å². The number of rotatable bonds is 6. The van der Waals surface area contributed by atoms with Gasteiger partial charge in [-0.05, 0) is 35.4 Å². The molecule has 0 aliphatic rings. The predicted octanol–water partition coefficient (Wildman–Crippen LogP) is 3.84. The highest BCUT2D eigenvalue weighted by Gasteiger charge is 2.11. The lowest BCUT2D eigenvalue weighted by molar-refractivity contribution is -0.114. The number of hydrogen-bond donors (Lipinski definition) is 1. The second kappa shape index (κ2) is 8.06. The van der Waals surface area contributed by atoms with Crippen LogP contribution in [0.2, 0.25) is 0 Å². The minimum atomic E-state index is -0.0873. The lowest BCUT2D eigenvalue weighted by atomic mass is 10.1. The first-order valence-corrected chi connectivity index (χ1v) is 7.43. The summed E-state index contributed by atoms with van der Waals surface area (Å²) < 4.78 is 16.0. The maximum absolute atomic E-state index is 11.0. The van der Waals surface area contributed by atoms with Crippen molar-refractivity contribution in [2.75, 3.05) is 26.6 Å². The van der Waals surface area contributed by atoms with Crippen LogP contribution < -0.4 is 19.5 Å². The van der Waals surface area contributed by atoms with Crippen molar-refractivity contribution < 1.29 is 19.0 Å². The van der Waals surface area contributed by atoms with E-state index in [1.54, 1.807) is 21.3 Å². The number of amides is 1. The highest BCUT2D eigenvalue weighted by Crippen LogP contribution is 2.38. The third-order valence-corrected chi connectivity index (χ3v) is 3.39. The fourth-order valence-corrected chi connectivity index (χ4v) is 2.27. The monoisotopic (exact) mass is 327 g/mol. The van der Waals surface area contributed by atoms with Gasteiger partial charge in [0.25, 0.3) is 0 Å². The van der Waals surface area contributed by atoms with Crippen molar-refractivity contribution in [2.45, 2.75) is 6.92 Å². The normalized spacial score (nSPS) is 10.5. The Bertz CT molecular complexity index is 711. The Labute approximate surface area is 141 Å². The molecule has 5 nitrogen and oxygen atoms in total. The van der Waals surface area contributed by atoms with E-state index in [-0.39, 0.29) is 5.91 Å². The van der Waals surface area contributed by atoms with E-state index in [4.69, 9.17) is 14.2 Å². The number of benzene rings is 2. The van der Waals surface area contributed by atoms with Gasteiger partial charge in [-0.3, -0.25) is 4.79 Å². The van der Waals surface area contributed by atoms with Gasteiger partial charge in [0.05, 0.1) is 21.3 Å². The van der Waals surface area contributed by atoms with E-state index in [1.165, 1.54) is 6.92 Å². The smallest absolute Gasteiger partial charge is 0.221 e. The Hall–Kier alpha value is -2.95. The van der Waals surface area contributed by atoms with Crippen LogP contribution in [-0.4, -0.2) is 27.2 Å². The zero-order valence-corrected chi connectivity index (χ0v) is 14.3. The molecule has 2 rings (SSSR count). The maximum Gasteiger partial charge on any atom is 0.221 e. The predicted molar refractivity (Wildman–Crippen MR) is 95.8 cm³/mol. The molecule has 0 aromatic heterocycles. The topological polar surface area (TPSA) is 56.8 Å². The van der Waals surface area contributed by atoms with E-state index in [1.807, 2.05) is 48.6 Å². The Kier molecular flexibility index (Phi) is 5.84. The summed E-state index contributed by atoms with van der Waals surface area (Å²) in [5, 5.41) is 2.74. The fraction of sp³-hybridized carbons (Fsp3) is 0.211. The summed E-state index contributed by atoms with van der Waals surface area (Å²) in [5.74, 6) is 1.70. The van der Waals surface area contributed by atoms with Crippen LogP contribution in [0.4, 0.5) is 5.69 Å². The Balaban J connectivity index is 2.23. The molecule has 0 unspecified atom stereocenters. The average molecular weight is 327 g/mol. The van der Waals surface area contributed by atoms with E-state index >= 15 is 0 Å². The zero-order chi connectivity index (χ0) is 17.5. The van der Waals surface area contributed by atoms with Crippen LogP contribution in [-0.2, 0) is 4.79 Å². The summed E-state index contributed by atoms with van der Waals surface area (Å²) in [4.78, 5) is 11.0. The molecule has 0 bridgehead atoms. The van der Waals surface area contributed by atoms with E-state index in [0.717, 1.165) is 16.8 Å². The van der Waals surface area contributed by atoms with Crippen LogP contribution in [0.1, 0.15) is 18.1 Å².